The van der Waals surface area contributed by atoms with Crippen molar-refractivity contribution in [2.45, 2.75) is 6.54 Å². The summed E-state index contributed by atoms with van der Waals surface area (Å²) in [5.74, 6) is -2.53. The van der Waals surface area contributed by atoms with Gasteiger partial charge in [-0.05, 0) is 18.2 Å². The smallest absolute Gasteiger partial charge is 0.344 e. The molecular weight excluding hydrogens is 320 g/mol. The molecule has 24 heavy (non-hydrogen) atoms. The molecule has 2 aromatic carbocycles. The molecule has 0 radical (unpaired) electrons. The largest absolute Gasteiger partial charge is 0.479 e. The summed E-state index contributed by atoms with van der Waals surface area (Å²) >= 11 is 0. The average molecular weight is 335 g/mol. The second kappa shape index (κ2) is 8.61. The Morgan fingerprint density at radius 3 is 2.29 bits per heavy atom. The number of para-hydroxylation sites is 1. The third kappa shape index (κ3) is 5.35. The SMILES string of the molecule is O=C(COC(=O)COc1ccccc1F)NCc1ccccc1F. The molecule has 1 amide bonds. The van der Waals surface area contributed by atoms with Gasteiger partial charge in [-0.2, -0.15) is 0 Å². The van der Waals surface area contributed by atoms with E-state index in [4.69, 9.17) is 9.47 Å². The first-order chi connectivity index (χ1) is 11.6. The molecule has 0 aliphatic rings. The molecule has 1 N–H and O–H groups in total. The summed E-state index contributed by atoms with van der Waals surface area (Å²) in [4.78, 5) is 23.0. The van der Waals surface area contributed by atoms with Gasteiger partial charge in [0.15, 0.2) is 24.8 Å². The lowest BCUT2D eigenvalue weighted by Crippen LogP contribution is -2.29. The molecule has 7 heteroatoms. The van der Waals surface area contributed by atoms with Crippen molar-refractivity contribution >= 4 is 11.9 Å². The second-order valence-electron chi connectivity index (χ2n) is 4.75. The number of rotatable bonds is 7. The van der Waals surface area contributed by atoms with Crippen LogP contribution in [-0.2, 0) is 20.9 Å². The minimum Gasteiger partial charge on any atom is -0.479 e. The molecule has 0 atom stereocenters. The number of esters is 1. The maximum absolute atomic E-state index is 13.4. The number of amides is 1. The fourth-order valence-corrected chi connectivity index (χ4v) is 1.77. The van der Waals surface area contributed by atoms with E-state index in [0.29, 0.717) is 5.56 Å². The Bertz CT molecular complexity index is 660. The van der Waals surface area contributed by atoms with Gasteiger partial charge in [0.05, 0.1) is 0 Å². The fraction of sp³-hybridized carbons (Fsp3) is 0.176. The first-order valence-electron chi connectivity index (χ1n) is 7.09. The van der Waals surface area contributed by atoms with Crippen LogP contribution in [0, 0.1) is 11.6 Å². The maximum Gasteiger partial charge on any atom is 0.344 e. The van der Waals surface area contributed by atoms with Gasteiger partial charge in [0.1, 0.15) is 5.82 Å². The summed E-state index contributed by atoms with van der Waals surface area (Å²) in [5.41, 5.74) is 0.320. The summed E-state index contributed by atoms with van der Waals surface area (Å²) in [5, 5.41) is 2.42. The van der Waals surface area contributed by atoms with Crippen molar-refractivity contribution in [3.05, 3.63) is 65.7 Å². The molecule has 2 aromatic rings. The number of ether oxygens (including phenoxy) is 2. The second-order valence-corrected chi connectivity index (χ2v) is 4.75. The van der Waals surface area contributed by atoms with Crippen LogP contribution in [0.5, 0.6) is 5.75 Å². The highest BCUT2D eigenvalue weighted by Gasteiger charge is 2.10. The van der Waals surface area contributed by atoms with Gasteiger partial charge in [-0.15, -0.1) is 0 Å². The summed E-state index contributed by atoms with van der Waals surface area (Å²) in [6, 6.07) is 11.6. The van der Waals surface area contributed by atoms with Gasteiger partial charge in [0.2, 0.25) is 0 Å². The minimum atomic E-state index is -0.820. The zero-order valence-corrected chi connectivity index (χ0v) is 12.6. The third-order valence-electron chi connectivity index (χ3n) is 2.98. The molecule has 0 aliphatic carbocycles. The molecule has 2 rings (SSSR count). The van der Waals surface area contributed by atoms with Crippen LogP contribution in [0.1, 0.15) is 5.56 Å². The maximum atomic E-state index is 13.4. The van der Waals surface area contributed by atoms with Crippen molar-refractivity contribution < 1.29 is 27.8 Å². The lowest BCUT2D eigenvalue weighted by molar-refractivity contribution is -0.150. The van der Waals surface area contributed by atoms with Gasteiger partial charge in [0.25, 0.3) is 5.91 Å². The predicted octanol–water partition coefficient (Wildman–Crippen LogP) is 2.20. The Kier molecular flexibility index (Phi) is 6.24. The Balaban J connectivity index is 1.69. The zero-order valence-electron chi connectivity index (χ0n) is 12.6. The minimum absolute atomic E-state index is 0.0191. The van der Waals surface area contributed by atoms with Crippen molar-refractivity contribution in [1.29, 1.82) is 0 Å². The Morgan fingerprint density at radius 1 is 0.917 bits per heavy atom. The number of nitrogens with one attached hydrogen (secondary N) is 1. The van der Waals surface area contributed by atoms with Crippen molar-refractivity contribution in [2.24, 2.45) is 0 Å². The number of benzene rings is 2. The van der Waals surface area contributed by atoms with Crippen LogP contribution in [-0.4, -0.2) is 25.1 Å². The molecule has 0 saturated carbocycles. The van der Waals surface area contributed by atoms with Gasteiger partial charge in [-0.3, -0.25) is 4.79 Å². The monoisotopic (exact) mass is 335 g/mol. The lowest BCUT2D eigenvalue weighted by Gasteiger charge is -2.08. The highest BCUT2D eigenvalue weighted by atomic mass is 19.1. The molecule has 0 aromatic heterocycles. The van der Waals surface area contributed by atoms with E-state index in [9.17, 15) is 18.4 Å². The van der Waals surface area contributed by atoms with E-state index < -0.39 is 36.7 Å². The van der Waals surface area contributed by atoms with E-state index in [1.165, 1.54) is 36.4 Å². The summed E-state index contributed by atoms with van der Waals surface area (Å²) in [7, 11) is 0. The molecule has 5 nitrogen and oxygen atoms in total. The first kappa shape index (κ1) is 17.4. The Labute approximate surface area is 137 Å². The van der Waals surface area contributed by atoms with E-state index >= 15 is 0 Å². The topological polar surface area (TPSA) is 64.6 Å². The Hall–Kier alpha value is -2.96. The fourth-order valence-electron chi connectivity index (χ4n) is 1.77. The van der Waals surface area contributed by atoms with E-state index in [0.717, 1.165) is 0 Å². The van der Waals surface area contributed by atoms with Crippen molar-refractivity contribution in [3.63, 3.8) is 0 Å². The van der Waals surface area contributed by atoms with Crippen LogP contribution in [0.15, 0.2) is 48.5 Å². The number of halogens is 2. The quantitative estimate of drug-likeness (QED) is 0.788. The van der Waals surface area contributed by atoms with Gasteiger partial charge < -0.3 is 14.8 Å². The van der Waals surface area contributed by atoms with Gasteiger partial charge in [-0.25, -0.2) is 13.6 Å². The standard InChI is InChI=1S/C17H15F2NO4/c18-13-6-2-1-5-12(13)9-20-16(21)10-24-17(22)11-23-15-8-4-3-7-14(15)19/h1-8H,9-11H2,(H,20,21). The molecule has 0 spiro atoms. The van der Waals surface area contributed by atoms with E-state index in [1.54, 1.807) is 12.1 Å². The molecule has 0 saturated heterocycles. The number of carbonyl (C=O) groups is 2. The number of carbonyl (C=O) groups excluding carboxylic acids is 2. The summed E-state index contributed by atoms with van der Waals surface area (Å²) in [6.45, 7) is -1.08. The van der Waals surface area contributed by atoms with Gasteiger partial charge in [-0.1, -0.05) is 30.3 Å². The van der Waals surface area contributed by atoms with Gasteiger partial charge in [0, 0.05) is 12.1 Å². The molecule has 0 bridgehead atoms. The van der Waals surface area contributed by atoms with Crippen molar-refractivity contribution in [1.82, 2.24) is 5.32 Å². The predicted molar refractivity (Wildman–Crippen MR) is 81.1 cm³/mol. The molecule has 0 unspecified atom stereocenters. The highest BCUT2D eigenvalue weighted by Crippen LogP contribution is 2.15. The highest BCUT2D eigenvalue weighted by molar-refractivity contribution is 5.80. The third-order valence-corrected chi connectivity index (χ3v) is 2.98. The number of hydrogen-bond acceptors (Lipinski definition) is 4. The molecular formula is C17H15F2NO4. The van der Waals surface area contributed by atoms with Crippen molar-refractivity contribution in [2.75, 3.05) is 13.2 Å². The first-order valence-corrected chi connectivity index (χ1v) is 7.09. The van der Waals surface area contributed by atoms with E-state index in [-0.39, 0.29) is 12.3 Å². The van der Waals surface area contributed by atoms with Crippen LogP contribution in [0.3, 0.4) is 0 Å². The van der Waals surface area contributed by atoms with Crippen LogP contribution < -0.4 is 10.1 Å². The van der Waals surface area contributed by atoms with Crippen molar-refractivity contribution in [3.8, 4) is 5.75 Å². The lowest BCUT2D eigenvalue weighted by atomic mass is 10.2. The average Bonchev–Trinajstić information content (AvgIpc) is 2.58. The molecule has 0 fully saturated rings. The summed E-state index contributed by atoms with van der Waals surface area (Å²) < 4.78 is 36.3. The zero-order chi connectivity index (χ0) is 17.4. The van der Waals surface area contributed by atoms with Crippen LogP contribution in [0.25, 0.3) is 0 Å². The van der Waals surface area contributed by atoms with Gasteiger partial charge >= 0.3 is 5.97 Å². The van der Waals surface area contributed by atoms with Crippen LogP contribution >= 0.6 is 0 Å². The van der Waals surface area contributed by atoms with E-state index in [2.05, 4.69) is 5.32 Å². The molecule has 126 valence electrons. The summed E-state index contributed by atoms with van der Waals surface area (Å²) in [6.07, 6.45) is 0. The normalized spacial score (nSPS) is 10.1. The molecule has 0 aliphatic heterocycles. The molecule has 0 heterocycles. The van der Waals surface area contributed by atoms with E-state index in [1.807, 2.05) is 0 Å². The number of hydrogen-bond donors (Lipinski definition) is 1. The van der Waals surface area contributed by atoms with Crippen LogP contribution in [0.2, 0.25) is 0 Å². The Morgan fingerprint density at radius 2 is 1.58 bits per heavy atom. The van der Waals surface area contributed by atoms with Crippen LogP contribution in [0.4, 0.5) is 8.78 Å².